The van der Waals surface area contributed by atoms with E-state index in [0.717, 1.165) is 30.8 Å². The minimum absolute atomic E-state index is 0.137. The molecule has 0 aliphatic heterocycles. The molecule has 0 aliphatic rings. The Balaban J connectivity index is 2.52. The molecule has 0 amide bonds. The van der Waals surface area contributed by atoms with Gasteiger partial charge in [0, 0.05) is 25.2 Å². The second kappa shape index (κ2) is 9.06. The van der Waals surface area contributed by atoms with Crippen LogP contribution in [0.1, 0.15) is 31.9 Å². The van der Waals surface area contributed by atoms with Crippen LogP contribution in [0.25, 0.3) is 0 Å². The van der Waals surface area contributed by atoms with Crippen molar-refractivity contribution < 1.29 is 9.13 Å². The van der Waals surface area contributed by atoms with Crippen molar-refractivity contribution in [2.75, 3.05) is 26.7 Å². The SMILES string of the molecule is CCNCc1ccc(F)c(CN(C)CCOC(C)C)c1. The van der Waals surface area contributed by atoms with E-state index in [2.05, 4.69) is 17.1 Å². The van der Waals surface area contributed by atoms with E-state index in [1.54, 1.807) is 6.07 Å². The quantitative estimate of drug-likeness (QED) is 0.754. The van der Waals surface area contributed by atoms with Crippen molar-refractivity contribution in [2.24, 2.45) is 0 Å². The molecule has 0 unspecified atom stereocenters. The zero-order valence-electron chi connectivity index (χ0n) is 13.1. The minimum Gasteiger partial charge on any atom is -0.377 e. The summed E-state index contributed by atoms with van der Waals surface area (Å²) in [5, 5.41) is 3.26. The van der Waals surface area contributed by atoms with Gasteiger partial charge in [-0.15, -0.1) is 0 Å². The molecule has 0 saturated carbocycles. The van der Waals surface area contributed by atoms with Gasteiger partial charge in [0.2, 0.25) is 0 Å². The van der Waals surface area contributed by atoms with Crippen molar-refractivity contribution in [1.29, 1.82) is 0 Å². The maximum Gasteiger partial charge on any atom is 0.127 e. The lowest BCUT2D eigenvalue weighted by Crippen LogP contribution is -2.24. The number of hydrogen-bond acceptors (Lipinski definition) is 3. The van der Waals surface area contributed by atoms with Crippen LogP contribution in [0.15, 0.2) is 18.2 Å². The number of hydrogen-bond donors (Lipinski definition) is 1. The zero-order chi connectivity index (χ0) is 15.0. The molecular weight excluding hydrogens is 255 g/mol. The monoisotopic (exact) mass is 282 g/mol. The van der Waals surface area contributed by atoms with Crippen LogP contribution < -0.4 is 5.32 Å². The molecule has 0 fully saturated rings. The van der Waals surface area contributed by atoms with E-state index in [-0.39, 0.29) is 11.9 Å². The van der Waals surface area contributed by atoms with Gasteiger partial charge >= 0.3 is 0 Å². The second-order valence-electron chi connectivity index (χ2n) is 5.36. The van der Waals surface area contributed by atoms with Crippen LogP contribution in [0, 0.1) is 5.82 Å². The molecule has 0 aliphatic carbocycles. The molecule has 20 heavy (non-hydrogen) atoms. The molecule has 0 heterocycles. The highest BCUT2D eigenvalue weighted by Crippen LogP contribution is 2.12. The Morgan fingerprint density at radius 3 is 2.75 bits per heavy atom. The summed E-state index contributed by atoms with van der Waals surface area (Å²) in [4.78, 5) is 2.08. The summed E-state index contributed by atoms with van der Waals surface area (Å²) in [7, 11) is 1.99. The predicted octanol–water partition coefficient (Wildman–Crippen LogP) is 2.79. The third-order valence-corrected chi connectivity index (χ3v) is 3.05. The van der Waals surface area contributed by atoms with E-state index < -0.39 is 0 Å². The molecule has 1 rings (SSSR count). The van der Waals surface area contributed by atoms with Crippen molar-refractivity contribution in [3.63, 3.8) is 0 Å². The Morgan fingerprint density at radius 1 is 1.35 bits per heavy atom. The van der Waals surface area contributed by atoms with Crippen molar-refractivity contribution in [1.82, 2.24) is 10.2 Å². The first kappa shape index (κ1) is 17.1. The molecule has 4 heteroatoms. The highest BCUT2D eigenvalue weighted by molar-refractivity contribution is 5.25. The first-order valence-electron chi connectivity index (χ1n) is 7.31. The molecule has 114 valence electrons. The largest absolute Gasteiger partial charge is 0.377 e. The normalized spacial score (nSPS) is 11.6. The molecule has 0 atom stereocenters. The summed E-state index contributed by atoms with van der Waals surface area (Å²) in [5.41, 5.74) is 1.86. The van der Waals surface area contributed by atoms with Crippen LogP contribution in [-0.2, 0) is 17.8 Å². The highest BCUT2D eigenvalue weighted by Gasteiger charge is 2.07. The van der Waals surface area contributed by atoms with Gasteiger partial charge in [-0.05, 0) is 39.1 Å². The van der Waals surface area contributed by atoms with E-state index in [4.69, 9.17) is 4.74 Å². The summed E-state index contributed by atoms with van der Waals surface area (Å²) in [6, 6.07) is 5.33. The van der Waals surface area contributed by atoms with Crippen LogP contribution >= 0.6 is 0 Å². The molecule has 0 spiro atoms. The van der Waals surface area contributed by atoms with Gasteiger partial charge in [0.15, 0.2) is 0 Å². The first-order valence-corrected chi connectivity index (χ1v) is 7.31. The van der Waals surface area contributed by atoms with Crippen molar-refractivity contribution in [2.45, 2.75) is 40.0 Å². The number of halogens is 1. The Labute approximate surface area is 122 Å². The van der Waals surface area contributed by atoms with Crippen LogP contribution in [0.5, 0.6) is 0 Å². The smallest absolute Gasteiger partial charge is 0.127 e. The molecule has 0 radical (unpaired) electrons. The zero-order valence-corrected chi connectivity index (χ0v) is 13.1. The van der Waals surface area contributed by atoms with E-state index in [1.807, 2.05) is 33.0 Å². The Hall–Kier alpha value is -0.970. The lowest BCUT2D eigenvalue weighted by atomic mass is 10.1. The molecule has 0 saturated heterocycles. The predicted molar refractivity (Wildman–Crippen MR) is 81.2 cm³/mol. The van der Waals surface area contributed by atoms with E-state index in [0.29, 0.717) is 13.2 Å². The van der Waals surface area contributed by atoms with Crippen molar-refractivity contribution in [3.05, 3.63) is 35.1 Å². The number of likely N-dealkylation sites (N-methyl/N-ethyl adjacent to an activating group) is 1. The lowest BCUT2D eigenvalue weighted by molar-refractivity contribution is 0.0625. The summed E-state index contributed by atoms with van der Waals surface area (Å²) >= 11 is 0. The third kappa shape index (κ3) is 6.46. The molecule has 1 N–H and O–H groups in total. The molecule has 1 aromatic rings. The van der Waals surface area contributed by atoms with Gasteiger partial charge in [-0.25, -0.2) is 4.39 Å². The molecule has 1 aromatic carbocycles. The maximum atomic E-state index is 13.8. The minimum atomic E-state index is -0.137. The Bertz CT molecular complexity index is 396. The number of benzene rings is 1. The molecule has 0 aromatic heterocycles. The third-order valence-electron chi connectivity index (χ3n) is 3.05. The van der Waals surface area contributed by atoms with Gasteiger partial charge in [0.05, 0.1) is 12.7 Å². The number of rotatable bonds is 9. The fourth-order valence-corrected chi connectivity index (χ4v) is 1.94. The Kier molecular flexibility index (Phi) is 7.73. The van der Waals surface area contributed by atoms with Crippen LogP contribution in [0.2, 0.25) is 0 Å². The summed E-state index contributed by atoms with van der Waals surface area (Å²) in [6.07, 6.45) is 0.239. The van der Waals surface area contributed by atoms with Crippen molar-refractivity contribution >= 4 is 0 Å². The molecular formula is C16H27FN2O. The first-order chi connectivity index (χ1) is 9.52. The average Bonchev–Trinajstić information content (AvgIpc) is 2.39. The van der Waals surface area contributed by atoms with E-state index in [1.165, 1.54) is 0 Å². The lowest BCUT2D eigenvalue weighted by Gasteiger charge is -2.18. The van der Waals surface area contributed by atoms with Gasteiger partial charge in [-0.1, -0.05) is 19.1 Å². The van der Waals surface area contributed by atoms with E-state index >= 15 is 0 Å². The number of nitrogens with one attached hydrogen (secondary N) is 1. The van der Waals surface area contributed by atoms with Crippen molar-refractivity contribution in [3.8, 4) is 0 Å². The molecule has 3 nitrogen and oxygen atoms in total. The summed E-state index contributed by atoms with van der Waals surface area (Å²) in [6.45, 7) is 9.87. The average molecular weight is 282 g/mol. The van der Waals surface area contributed by atoms with Gasteiger partial charge < -0.3 is 10.1 Å². The fourth-order valence-electron chi connectivity index (χ4n) is 1.94. The topological polar surface area (TPSA) is 24.5 Å². The van der Waals surface area contributed by atoms with Gasteiger partial charge in [0.25, 0.3) is 0 Å². The van der Waals surface area contributed by atoms with Crippen LogP contribution in [0.4, 0.5) is 4.39 Å². The standard InChI is InChI=1S/C16H27FN2O/c1-5-18-11-14-6-7-16(17)15(10-14)12-19(4)8-9-20-13(2)3/h6-7,10,13,18H,5,8-9,11-12H2,1-4H3. The van der Waals surface area contributed by atoms with Gasteiger partial charge in [0.1, 0.15) is 5.82 Å². The highest BCUT2D eigenvalue weighted by atomic mass is 19.1. The Morgan fingerprint density at radius 2 is 2.10 bits per heavy atom. The maximum absolute atomic E-state index is 13.8. The number of nitrogens with zero attached hydrogens (tertiary/aromatic N) is 1. The number of ether oxygens (including phenoxy) is 1. The summed E-state index contributed by atoms with van der Waals surface area (Å²) in [5.74, 6) is -0.137. The molecule has 0 bridgehead atoms. The van der Waals surface area contributed by atoms with Crippen LogP contribution in [-0.4, -0.2) is 37.7 Å². The van der Waals surface area contributed by atoms with Gasteiger partial charge in [-0.3, -0.25) is 4.90 Å². The summed E-state index contributed by atoms with van der Waals surface area (Å²) < 4.78 is 19.3. The fraction of sp³-hybridized carbons (Fsp3) is 0.625. The van der Waals surface area contributed by atoms with Crippen LogP contribution in [0.3, 0.4) is 0 Å². The van der Waals surface area contributed by atoms with Gasteiger partial charge in [-0.2, -0.15) is 0 Å². The van der Waals surface area contributed by atoms with E-state index in [9.17, 15) is 4.39 Å². The second-order valence-corrected chi connectivity index (χ2v) is 5.36.